The number of aliphatic hydroxyl groups excluding tert-OH is 1. The molecule has 0 radical (unpaired) electrons. The van der Waals surface area contributed by atoms with E-state index in [-0.39, 0.29) is 6.04 Å². The van der Waals surface area contributed by atoms with E-state index in [4.69, 9.17) is 0 Å². The Balaban J connectivity index is 2.24. The number of sulfonamides is 1. The number of hydrogen-bond donors (Lipinski definition) is 4. The van der Waals surface area contributed by atoms with E-state index in [0.717, 1.165) is 18.4 Å². The second-order valence-electron chi connectivity index (χ2n) is 8.11. The predicted molar refractivity (Wildman–Crippen MR) is 102 cm³/mol. The highest BCUT2D eigenvalue weighted by Gasteiger charge is 2.28. The van der Waals surface area contributed by atoms with Crippen molar-refractivity contribution in [1.82, 2.24) is 10.0 Å². The molecule has 0 spiro atoms. The quantitative estimate of drug-likeness (QED) is 0.364. The summed E-state index contributed by atoms with van der Waals surface area (Å²) in [6.45, 7) is 8.88. The van der Waals surface area contributed by atoms with Gasteiger partial charge in [0.2, 0.25) is 10.0 Å². The van der Waals surface area contributed by atoms with Crippen LogP contribution in [0.5, 0.6) is 0 Å². The molecule has 6 nitrogen and oxygen atoms in total. The standard InChI is InChI=1S/C18H34N2O4S/c1-17(2,3)25(23,24)19-13-7-6-8-16(21)20-15-11-9-14(10-12-15)18(4,5)22/h9-11,15-16,19-22H,6-8,12-13H2,1-5H3. The summed E-state index contributed by atoms with van der Waals surface area (Å²) in [6.07, 6.45) is 7.86. The smallest absolute Gasteiger partial charge is 0.216 e. The average molecular weight is 375 g/mol. The molecule has 0 saturated heterocycles. The fraction of sp³-hybridized carbons (Fsp3) is 0.778. The summed E-state index contributed by atoms with van der Waals surface area (Å²) >= 11 is 0. The third kappa shape index (κ3) is 7.58. The second kappa shape index (κ2) is 8.77. The van der Waals surface area contributed by atoms with Crippen LogP contribution in [0, 0.1) is 0 Å². The van der Waals surface area contributed by atoms with Crippen LogP contribution in [0.1, 0.15) is 60.3 Å². The molecule has 1 aliphatic rings. The van der Waals surface area contributed by atoms with Gasteiger partial charge < -0.3 is 10.2 Å². The Morgan fingerprint density at radius 2 is 1.88 bits per heavy atom. The molecule has 1 rings (SSSR count). The summed E-state index contributed by atoms with van der Waals surface area (Å²) in [4.78, 5) is 0. The monoisotopic (exact) mass is 374 g/mol. The van der Waals surface area contributed by atoms with Crippen molar-refractivity contribution in [2.45, 2.75) is 82.9 Å². The zero-order chi connectivity index (χ0) is 19.3. The van der Waals surface area contributed by atoms with Gasteiger partial charge in [0.05, 0.1) is 10.3 Å². The van der Waals surface area contributed by atoms with Crippen molar-refractivity contribution in [3.05, 3.63) is 23.8 Å². The fourth-order valence-electron chi connectivity index (χ4n) is 2.41. The van der Waals surface area contributed by atoms with Gasteiger partial charge in [0, 0.05) is 12.6 Å². The van der Waals surface area contributed by atoms with Gasteiger partial charge in [0.1, 0.15) is 6.23 Å². The topological polar surface area (TPSA) is 98.7 Å². The highest BCUT2D eigenvalue weighted by Crippen LogP contribution is 2.22. The van der Waals surface area contributed by atoms with E-state index in [1.807, 2.05) is 18.2 Å². The Kier molecular flexibility index (Phi) is 7.83. The zero-order valence-electron chi connectivity index (χ0n) is 16.0. The van der Waals surface area contributed by atoms with Gasteiger partial charge in [-0.15, -0.1) is 0 Å². The van der Waals surface area contributed by atoms with Gasteiger partial charge in [-0.25, -0.2) is 13.1 Å². The van der Waals surface area contributed by atoms with Crippen LogP contribution in [0.3, 0.4) is 0 Å². The fourth-order valence-corrected chi connectivity index (χ4v) is 3.26. The molecule has 0 fully saturated rings. The van der Waals surface area contributed by atoms with Crippen LogP contribution in [-0.2, 0) is 10.0 Å². The van der Waals surface area contributed by atoms with Crippen LogP contribution < -0.4 is 10.0 Å². The van der Waals surface area contributed by atoms with Crippen molar-refractivity contribution < 1.29 is 18.6 Å². The van der Waals surface area contributed by atoms with Gasteiger partial charge in [0.15, 0.2) is 0 Å². The molecule has 146 valence electrons. The Morgan fingerprint density at radius 1 is 1.24 bits per heavy atom. The third-order valence-electron chi connectivity index (χ3n) is 4.22. The van der Waals surface area contributed by atoms with Crippen LogP contribution >= 0.6 is 0 Å². The summed E-state index contributed by atoms with van der Waals surface area (Å²) < 4.78 is 25.6. The molecule has 0 saturated carbocycles. The van der Waals surface area contributed by atoms with Crippen LogP contribution in [-0.4, -0.2) is 47.8 Å². The highest BCUT2D eigenvalue weighted by atomic mass is 32.2. The molecule has 0 aromatic carbocycles. The lowest BCUT2D eigenvalue weighted by Gasteiger charge is -2.26. The minimum absolute atomic E-state index is 0.0421. The highest BCUT2D eigenvalue weighted by molar-refractivity contribution is 7.90. The summed E-state index contributed by atoms with van der Waals surface area (Å²) in [5, 5.41) is 23.1. The molecule has 0 aromatic rings. The Labute approximate surface area is 152 Å². The molecule has 0 aliphatic heterocycles. The molecule has 25 heavy (non-hydrogen) atoms. The maximum atomic E-state index is 11.9. The first-order valence-corrected chi connectivity index (χ1v) is 10.4. The number of aliphatic hydroxyl groups is 2. The number of nitrogens with one attached hydrogen (secondary N) is 2. The van der Waals surface area contributed by atoms with E-state index in [1.54, 1.807) is 34.6 Å². The molecule has 0 aromatic heterocycles. The van der Waals surface area contributed by atoms with Crippen molar-refractivity contribution in [2.24, 2.45) is 0 Å². The summed E-state index contributed by atoms with van der Waals surface area (Å²) in [7, 11) is -3.30. The molecule has 2 unspecified atom stereocenters. The van der Waals surface area contributed by atoms with Crippen molar-refractivity contribution in [2.75, 3.05) is 6.54 Å². The summed E-state index contributed by atoms with van der Waals surface area (Å²) in [5.74, 6) is 0. The number of unbranched alkanes of at least 4 members (excludes halogenated alkanes) is 1. The molecular formula is C18H34N2O4S. The largest absolute Gasteiger partial charge is 0.386 e. The SMILES string of the molecule is CC(C)(O)C1=CCC(NC(O)CCCCNS(=O)(=O)C(C)(C)C)C=C1. The minimum atomic E-state index is -3.30. The van der Waals surface area contributed by atoms with Gasteiger partial charge in [-0.05, 0) is 65.9 Å². The Hall–Kier alpha value is -0.730. The normalized spacial score (nSPS) is 20.4. The van der Waals surface area contributed by atoms with E-state index in [2.05, 4.69) is 10.0 Å². The van der Waals surface area contributed by atoms with Crippen molar-refractivity contribution in [3.63, 3.8) is 0 Å². The number of hydrogen-bond acceptors (Lipinski definition) is 5. The van der Waals surface area contributed by atoms with E-state index in [9.17, 15) is 18.6 Å². The maximum absolute atomic E-state index is 11.9. The molecule has 0 heterocycles. The Morgan fingerprint density at radius 3 is 2.36 bits per heavy atom. The van der Waals surface area contributed by atoms with E-state index >= 15 is 0 Å². The van der Waals surface area contributed by atoms with E-state index in [0.29, 0.717) is 19.4 Å². The lowest BCUT2D eigenvalue weighted by molar-refractivity contribution is 0.114. The molecule has 7 heteroatoms. The van der Waals surface area contributed by atoms with Crippen LogP contribution in [0.2, 0.25) is 0 Å². The molecule has 0 bridgehead atoms. The molecule has 4 N–H and O–H groups in total. The minimum Gasteiger partial charge on any atom is -0.386 e. The predicted octanol–water partition coefficient (Wildman–Crippen LogP) is 1.81. The molecule has 0 amide bonds. The van der Waals surface area contributed by atoms with Crippen LogP contribution in [0.15, 0.2) is 23.8 Å². The van der Waals surface area contributed by atoms with Crippen molar-refractivity contribution >= 4 is 10.0 Å². The first-order valence-electron chi connectivity index (χ1n) is 8.87. The van der Waals surface area contributed by atoms with Gasteiger partial charge in [-0.2, -0.15) is 0 Å². The van der Waals surface area contributed by atoms with Crippen molar-refractivity contribution in [3.8, 4) is 0 Å². The second-order valence-corrected chi connectivity index (χ2v) is 10.6. The van der Waals surface area contributed by atoms with Gasteiger partial charge in [-0.1, -0.05) is 18.2 Å². The van der Waals surface area contributed by atoms with E-state index < -0.39 is 26.6 Å². The average Bonchev–Trinajstić information content (AvgIpc) is 2.45. The van der Waals surface area contributed by atoms with Crippen LogP contribution in [0.4, 0.5) is 0 Å². The van der Waals surface area contributed by atoms with Gasteiger partial charge in [0.25, 0.3) is 0 Å². The maximum Gasteiger partial charge on any atom is 0.216 e. The molecular weight excluding hydrogens is 340 g/mol. The lowest BCUT2D eigenvalue weighted by atomic mass is 9.91. The first kappa shape index (κ1) is 22.3. The van der Waals surface area contributed by atoms with Gasteiger partial charge >= 0.3 is 0 Å². The molecule has 1 aliphatic carbocycles. The lowest BCUT2D eigenvalue weighted by Crippen LogP contribution is -2.40. The zero-order valence-corrected chi connectivity index (χ0v) is 16.9. The number of rotatable bonds is 9. The Bertz CT molecular complexity index is 583. The third-order valence-corrected chi connectivity index (χ3v) is 6.41. The first-order chi connectivity index (χ1) is 11.3. The van der Waals surface area contributed by atoms with Crippen LogP contribution in [0.25, 0.3) is 0 Å². The summed E-state index contributed by atoms with van der Waals surface area (Å²) in [6, 6.07) is 0.0421. The molecule has 2 atom stereocenters. The summed E-state index contributed by atoms with van der Waals surface area (Å²) in [5.41, 5.74) is 0.0340. The van der Waals surface area contributed by atoms with Crippen molar-refractivity contribution in [1.29, 1.82) is 0 Å². The van der Waals surface area contributed by atoms with E-state index in [1.165, 1.54) is 0 Å². The van der Waals surface area contributed by atoms with Gasteiger partial charge in [-0.3, -0.25) is 5.32 Å².